The molecule has 1 aliphatic heterocycles. The van der Waals surface area contributed by atoms with Gasteiger partial charge in [-0.15, -0.1) is 0 Å². The minimum atomic E-state index is -1.78. The molecule has 1 aromatic heterocycles. The number of nitrogens with zero attached hydrogens (tertiary/aromatic N) is 2. The van der Waals surface area contributed by atoms with Crippen molar-refractivity contribution in [3.05, 3.63) is 114 Å². The third-order valence-corrected chi connectivity index (χ3v) is 8.62. The fraction of sp³-hybridized carbons (Fsp3) is 0.257. The summed E-state index contributed by atoms with van der Waals surface area (Å²) in [6, 6.07) is 27.6. The Hall–Kier alpha value is -4.46. The van der Waals surface area contributed by atoms with Gasteiger partial charge in [-0.1, -0.05) is 60.7 Å². The van der Waals surface area contributed by atoms with Crippen molar-refractivity contribution in [3.8, 4) is 28.4 Å². The van der Waals surface area contributed by atoms with Crippen LogP contribution in [0.15, 0.2) is 97.3 Å². The zero-order valence-electron chi connectivity index (χ0n) is 23.5. The molecule has 0 radical (unpaired) electrons. The summed E-state index contributed by atoms with van der Waals surface area (Å²) in [6.45, 7) is 4.66. The van der Waals surface area contributed by atoms with Crippen molar-refractivity contribution in [1.29, 1.82) is 0 Å². The van der Waals surface area contributed by atoms with Gasteiger partial charge in [0.15, 0.2) is 11.2 Å². The van der Waals surface area contributed by atoms with E-state index in [0.29, 0.717) is 42.4 Å². The third kappa shape index (κ3) is 3.81. The van der Waals surface area contributed by atoms with Crippen molar-refractivity contribution in [2.45, 2.75) is 43.5 Å². The molecule has 4 atom stereocenters. The van der Waals surface area contributed by atoms with Gasteiger partial charge in [0.05, 0.1) is 35.9 Å². The Balaban J connectivity index is 1.41. The second kappa shape index (κ2) is 10.1. The quantitative estimate of drug-likeness (QED) is 0.248. The lowest BCUT2D eigenvalue weighted by molar-refractivity contribution is -0.150. The van der Waals surface area contributed by atoms with Gasteiger partial charge in [0.1, 0.15) is 17.2 Å². The van der Waals surface area contributed by atoms with E-state index in [4.69, 9.17) is 14.2 Å². The van der Waals surface area contributed by atoms with Gasteiger partial charge in [-0.05, 0) is 54.7 Å². The first-order chi connectivity index (χ1) is 20.5. The van der Waals surface area contributed by atoms with Crippen LogP contribution in [0.25, 0.3) is 22.2 Å². The SMILES string of the molecule is CCOc1cc(OCC)c2c(c1)O[C@@]1(c3ccc(-c4ccc5nccnc5c4)cc3)[C@H](c3ccccc3)C[C@@H](O)[C@@]21O. The average Bonchev–Trinajstić information content (AvgIpc) is 3.42. The van der Waals surface area contributed by atoms with E-state index in [1.807, 2.05) is 86.6 Å². The van der Waals surface area contributed by atoms with Crippen LogP contribution in [-0.4, -0.2) is 39.5 Å². The monoisotopic (exact) mass is 560 g/mol. The van der Waals surface area contributed by atoms with Gasteiger partial charge < -0.3 is 24.4 Å². The van der Waals surface area contributed by atoms with Crippen LogP contribution >= 0.6 is 0 Å². The van der Waals surface area contributed by atoms with Gasteiger partial charge in [-0.25, -0.2) is 0 Å². The van der Waals surface area contributed by atoms with Crippen molar-refractivity contribution >= 4 is 11.0 Å². The topological polar surface area (TPSA) is 93.9 Å². The van der Waals surface area contributed by atoms with Crippen molar-refractivity contribution in [3.63, 3.8) is 0 Å². The van der Waals surface area contributed by atoms with E-state index < -0.39 is 17.3 Å². The summed E-state index contributed by atoms with van der Waals surface area (Å²) in [4.78, 5) is 8.83. The third-order valence-electron chi connectivity index (χ3n) is 8.62. The van der Waals surface area contributed by atoms with Crippen molar-refractivity contribution < 1.29 is 24.4 Å². The zero-order chi connectivity index (χ0) is 28.9. The van der Waals surface area contributed by atoms with Gasteiger partial charge in [-0.2, -0.15) is 0 Å². The lowest BCUT2D eigenvalue weighted by atomic mass is 9.71. The molecule has 4 aromatic carbocycles. The van der Waals surface area contributed by atoms with Gasteiger partial charge >= 0.3 is 0 Å². The Morgan fingerprint density at radius 2 is 1.55 bits per heavy atom. The summed E-state index contributed by atoms with van der Waals surface area (Å²) in [5.41, 5.74) is 2.74. The van der Waals surface area contributed by atoms with Crippen LogP contribution in [0.2, 0.25) is 0 Å². The smallest absolute Gasteiger partial charge is 0.176 e. The van der Waals surface area contributed by atoms with Crippen LogP contribution in [-0.2, 0) is 11.2 Å². The summed E-state index contributed by atoms with van der Waals surface area (Å²) < 4.78 is 18.8. The van der Waals surface area contributed by atoms with E-state index >= 15 is 0 Å². The summed E-state index contributed by atoms with van der Waals surface area (Å²) in [6.07, 6.45) is 2.57. The van der Waals surface area contributed by atoms with Gasteiger partial charge in [-0.3, -0.25) is 9.97 Å². The number of ether oxygens (including phenoxy) is 3. The number of aliphatic hydroxyl groups excluding tert-OH is 1. The molecule has 1 saturated carbocycles. The molecule has 0 saturated heterocycles. The Morgan fingerprint density at radius 3 is 2.29 bits per heavy atom. The minimum Gasteiger partial charge on any atom is -0.494 e. The molecule has 0 bridgehead atoms. The fourth-order valence-corrected chi connectivity index (χ4v) is 6.88. The number of hydrogen-bond acceptors (Lipinski definition) is 7. The highest BCUT2D eigenvalue weighted by atomic mass is 16.5. The summed E-state index contributed by atoms with van der Waals surface area (Å²) in [5, 5.41) is 24.5. The van der Waals surface area contributed by atoms with Gasteiger partial charge in [0.2, 0.25) is 0 Å². The first-order valence-electron chi connectivity index (χ1n) is 14.4. The Morgan fingerprint density at radius 1 is 0.833 bits per heavy atom. The molecule has 42 heavy (non-hydrogen) atoms. The molecule has 7 rings (SSSR count). The molecule has 2 N–H and O–H groups in total. The van der Waals surface area contributed by atoms with E-state index in [-0.39, 0.29) is 5.92 Å². The summed E-state index contributed by atoms with van der Waals surface area (Å²) >= 11 is 0. The second-order valence-corrected chi connectivity index (χ2v) is 10.8. The van der Waals surface area contributed by atoms with E-state index in [9.17, 15) is 10.2 Å². The largest absolute Gasteiger partial charge is 0.494 e. The van der Waals surface area contributed by atoms with Crippen LogP contribution in [0, 0.1) is 0 Å². The highest BCUT2D eigenvalue weighted by Gasteiger charge is 2.73. The first-order valence-corrected chi connectivity index (χ1v) is 14.4. The van der Waals surface area contributed by atoms with E-state index in [1.54, 1.807) is 24.5 Å². The number of hydrogen-bond donors (Lipinski definition) is 2. The van der Waals surface area contributed by atoms with Crippen LogP contribution in [0.4, 0.5) is 0 Å². The van der Waals surface area contributed by atoms with Crippen molar-refractivity contribution in [2.75, 3.05) is 13.2 Å². The molecule has 5 aromatic rings. The molecule has 0 unspecified atom stereocenters. The standard InChI is InChI=1S/C35H32N2O5/c1-3-40-26-19-30(41-4-2)33-31(20-26)42-35(27(21-32(38)34(33,35)39)23-8-6-5-7-9-23)25-13-10-22(11-14-25)24-12-15-28-29(18-24)37-17-16-36-28/h5-20,27,32,38-39H,3-4,21H2,1-2H3/t27-,32+,34+,35-/m0/s1. The van der Waals surface area contributed by atoms with Crippen molar-refractivity contribution in [2.24, 2.45) is 0 Å². The molecule has 2 aliphatic rings. The fourth-order valence-electron chi connectivity index (χ4n) is 6.88. The Labute approximate surface area is 244 Å². The number of aromatic nitrogens is 2. The molecule has 7 nitrogen and oxygen atoms in total. The lowest BCUT2D eigenvalue weighted by Crippen LogP contribution is -2.52. The molecule has 1 aliphatic carbocycles. The molecule has 212 valence electrons. The van der Waals surface area contributed by atoms with E-state index in [2.05, 4.69) is 9.97 Å². The lowest BCUT2D eigenvalue weighted by Gasteiger charge is -2.41. The highest BCUT2D eigenvalue weighted by Crippen LogP contribution is 2.68. The first kappa shape index (κ1) is 26.4. The normalized spacial score (nSPS) is 24.2. The summed E-state index contributed by atoms with van der Waals surface area (Å²) in [7, 11) is 0. The number of rotatable bonds is 7. The predicted molar refractivity (Wildman–Crippen MR) is 160 cm³/mol. The molecule has 0 spiro atoms. The number of aliphatic hydroxyl groups is 2. The maximum absolute atomic E-state index is 12.8. The molecule has 1 fully saturated rings. The summed E-state index contributed by atoms with van der Waals surface area (Å²) in [5.74, 6) is 1.13. The Kier molecular flexibility index (Phi) is 6.37. The number of benzene rings is 4. The van der Waals surface area contributed by atoms with Crippen LogP contribution in [0.3, 0.4) is 0 Å². The molecular weight excluding hydrogens is 528 g/mol. The van der Waals surface area contributed by atoms with E-state index in [0.717, 1.165) is 33.3 Å². The second-order valence-electron chi connectivity index (χ2n) is 10.8. The van der Waals surface area contributed by atoms with Crippen LogP contribution < -0.4 is 14.2 Å². The molecule has 0 amide bonds. The molecule has 7 heteroatoms. The van der Waals surface area contributed by atoms with Crippen LogP contribution in [0.5, 0.6) is 17.2 Å². The minimum absolute atomic E-state index is 0.309. The Bertz CT molecular complexity index is 1760. The predicted octanol–water partition coefficient (Wildman–Crippen LogP) is 6.12. The zero-order valence-corrected chi connectivity index (χ0v) is 23.5. The highest BCUT2D eigenvalue weighted by molar-refractivity contribution is 5.81. The average molecular weight is 561 g/mol. The van der Waals surface area contributed by atoms with Crippen LogP contribution in [0.1, 0.15) is 42.9 Å². The number of fused-ring (bicyclic) bond motifs is 4. The maximum Gasteiger partial charge on any atom is 0.176 e. The molecular formula is C35H32N2O5. The van der Waals surface area contributed by atoms with Gasteiger partial charge in [0, 0.05) is 30.4 Å². The maximum atomic E-state index is 12.8. The van der Waals surface area contributed by atoms with E-state index in [1.165, 1.54) is 0 Å². The van der Waals surface area contributed by atoms with Crippen molar-refractivity contribution in [1.82, 2.24) is 9.97 Å². The molecule has 2 heterocycles. The van der Waals surface area contributed by atoms with Gasteiger partial charge in [0.25, 0.3) is 0 Å².